The van der Waals surface area contributed by atoms with Gasteiger partial charge in [-0.2, -0.15) is 0 Å². The van der Waals surface area contributed by atoms with Crippen LogP contribution in [0.3, 0.4) is 0 Å². The van der Waals surface area contributed by atoms with Gasteiger partial charge in [-0.25, -0.2) is 13.8 Å². The van der Waals surface area contributed by atoms with E-state index in [1.807, 2.05) is 11.4 Å². The number of benzene rings is 1. The molecule has 1 aromatic heterocycles. The monoisotopic (exact) mass is 250 g/mol. The van der Waals surface area contributed by atoms with Crippen molar-refractivity contribution in [1.82, 2.24) is 0 Å². The van der Waals surface area contributed by atoms with E-state index in [1.165, 1.54) is 40.8 Å². The lowest BCUT2D eigenvalue weighted by molar-refractivity contribution is 0.581. The zero-order valence-electron chi connectivity index (χ0n) is 8.73. The molecule has 17 heavy (non-hydrogen) atoms. The van der Waals surface area contributed by atoms with Gasteiger partial charge in [0.05, 0.1) is 12.9 Å². The highest BCUT2D eigenvalue weighted by molar-refractivity contribution is 7.14. The van der Waals surface area contributed by atoms with Gasteiger partial charge in [-0.15, -0.1) is 11.3 Å². The number of anilines is 1. The summed E-state index contributed by atoms with van der Waals surface area (Å²) in [4.78, 5) is 5.66. The molecule has 0 saturated heterocycles. The molecule has 2 aromatic rings. The van der Waals surface area contributed by atoms with E-state index in [2.05, 4.69) is 4.99 Å². The standard InChI is InChI=1S/C12H8F2N2S/c13-9-2-1-3-10(14)11(9)16-6-8-4-5-17-12(8)15-7-16/h1-5,7H,6H2. The van der Waals surface area contributed by atoms with Crippen LogP contribution in [0.4, 0.5) is 19.5 Å². The number of hydrogen-bond donors (Lipinski definition) is 0. The van der Waals surface area contributed by atoms with Crippen LogP contribution < -0.4 is 4.90 Å². The van der Waals surface area contributed by atoms with E-state index in [9.17, 15) is 8.78 Å². The molecule has 0 saturated carbocycles. The third-order valence-corrected chi connectivity index (χ3v) is 3.47. The molecule has 2 heterocycles. The summed E-state index contributed by atoms with van der Waals surface area (Å²) in [6.07, 6.45) is 1.47. The fraction of sp³-hybridized carbons (Fsp3) is 0.0833. The van der Waals surface area contributed by atoms with Crippen molar-refractivity contribution in [1.29, 1.82) is 0 Å². The molecular weight excluding hydrogens is 242 g/mol. The normalized spacial score (nSPS) is 13.9. The minimum atomic E-state index is -0.574. The van der Waals surface area contributed by atoms with Crippen LogP contribution in [0, 0.1) is 11.6 Å². The molecule has 5 heteroatoms. The topological polar surface area (TPSA) is 15.6 Å². The fourth-order valence-electron chi connectivity index (χ4n) is 1.81. The van der Waals surface area contributed by atoms with Crippen molar-refractivity contribution in [3.63, 3.8) is 0 Å². The SMILES string of the molecule is Fc1cccc(F)c1N1C=Nc2sccc2C1. The number of halogens is 2. The third kappa shape index (κ3) is 1.72. The van der Waals surface area contributed by atoms with Gasteiger partial charge in [-0.1, -0.05) is 6.07 Å². The van der Waals surface area contributed by atoms with Gasteiger partial charge in [-0.05, 0) is 23.6 Å². The van der Waals surface area contributed by atoms with E-state index < -0.39 is 11.6 Å². The Hall–Kier alpha value is -1.75. The van der Waals surface area contributed by atoms with Gasteiger partial charge >= 0.3 is 0 Å². The molecule has 1 aliphatic heterocycles. The lowest BCUT2D eigenvalue weighted by Crippen LogP contribution is -2.24. The molecule has 0 radical (unpaired) electrons. The van der Waals surface area contributed by atoms with Crippen LogP contribution in [0.25, 0.3) is 0 Å². The number of rotatable bonds is 1. The molecule has 0 amide bonds. The van der Waals surface area contributed by atoms with Crippen LogP contribution in [0.1, 0.15) is 5.56 Å². The van der Waals surface area contributed by atoms with Gasteiger partial charge in [0.15, 0.2) is 0 Å². The van der Waals surface area contributed by atoms with Crippen LogP contribution in [0.2, 0.25) is 0 Å². The minimum absolute atomic E-state index is 0.0481. The van der Waals surface area contributed by atoms with Crippen molar-refractivity contribution in [3.05, 3.63) is 46.8 Å². The third-order valence-electron chi connectivity index (χ3n) is 2.60. The van der Waals surface area contributed by atoms with Crippen molar-refractivity contribution in [2.24, 2.45) is 4.99 Å². The van der Waals surface area contributed by atoms with Gasteiger partial charge < -0.3 is 4.90 Å². The van der Waals surface area contributed by atoms with Crippen LogP contribution in [-0.4, -0.2) is 6.34 Å². The Morgan fingerprint density at radius 1 is 1.18 bits per heavy atom. The van der Waals surface area contributed by atoms with E-state index in [-0.39, 0.29) is 5.69 Å². The summed E-state index contributed by atoms with van der Waals surface area (Å²) in [5.74, 6) is -1.15. The molecule has 2 nitrogen and oxygen atoms in total. The van der Waals surface area contributed by atoms with Gasteiger partial charge in [0.1, 0.15) is 22.3 Å². The van der Waals surface area contributed by atoms with Gasteiger partial charge in [-0.3, -0.25) is 0 Å². The minimum Gasteiger partial charge on any atom is -0.323 e. The number of thiophene rings is 1. The Morgan fingerprint density at radius 3 is 2.71 bits per heavy atom. The van der Waals surface area contributed by atoms with Crippen molar-refractivity contribution in [3.8, 4) is 0 Å². The van der Waals surface area contributed by atoms with Crippen molar-refractivity contribution < 1.29 is 8.78 Å². The predicted octanol–water partition coefficient (Wildman–Crippen LogP) is 3.71. The van der Waals surface area contributed by atoms with E-state index in [0.717, 1.165) is 10.6 Å². The second-order valence-corrected chi connectivity index (χ2v) is 4.59. The molecule has 1 aliphatic rings. The maximum Gasteiger partial charge on any atom is 0.149 e. The summed E-state index contributed by atoms with van der Waals surface area (Å²) >= 11 is 1.52. The van der Waals surface area contributed by atoms with Crippen molar-refractivity contribution in [2.75, 3.05) is 4.90 Å². The molecule has 0 aliphatic carbocycles. The largest absolute Gasteiger partial charge is 0.323 e. The Kier molecular flexibility index (Phi) is 2.40. The summed E-state index contributed by atoms with van der Waals surface area (Å²) < 4.78 is 27.2. The van der Waals surface area contributed by atoms with E-state index in [0.29, 0.717) is 6.54 Å². The predicted molar refractivity (Wildman–Crippen MR) is 65.0 cm³/mol. The molecule has 0 fully saturated rings. The molecular formula is C12H8F2N2S. The summed E-state index contributed by atoms with van der Waals surface area (Å²) in [6.45, 7) is 0.445. The van der Waals surface area contributed by atoms with Gasteiger partial charge in [0, 0.05) is 5.56 Å². The number of hydrogen-bond acceptors (Lipinski definition) is 3. The van der Waals surface area contributed by atoms with Crippen LogP contribution in [0.15, 0.2) is 34.6 Å². The molecule has 0 bridgehead atoms. The summed E-state index contributed by atoms with van der Waals surface area (Å²) in [5, 5.41) is 2.82. The van der Waals surface area contributed by atoms with E-state index in [1.54, 1.807) is 0 Å². The first kappa shape index (κ1) is 10.4. The lowest BCUT2D eigenvalue weighted by atomic mass is 10.2. The summed E-state index contributed by atoms with van der Waals surface area (Å²) in [6, 6.07) is 5.76. The zero-order valence-corrected chi connectivity index (χ0v) is 9.55. The number of aliphatic imine (C=N–C) groups is 1. The number of nitrogens with zero attached hydrogens (tertiary/aromatic N) is 2. The molecule has 86 valence electrons. The van der Waals surface area contributed by atoms with E-state index in [4.69, 9.17) is 0 Å². The molecule has 0 atom stereocenters. The second-order valence-electron chi connectivity index (χ2n) is 3.69. The van der Waals surface area contributed by atoms with Crippen LogP contribution in [-0.2, 0) is 6.54 Å². The Balaban J connectivity index is 2.02. The van der Waals surface area contributed by atoms with E-state index >= 15 is 0 Å². The highest BCUT2D eigenvalue weighted by atomic mass is 32.1. The molecule has 0 unspecified atom stereocenters. The number of fused-ring (bicyclic) bond motifs is 1. The van der Waals surface area contributed by atoms with Crippen LogP contribution >= 0.6 is 11.3 Å². The van der Waals surface area contributed by atoms with Crippen molar-refractivity contribution in [2.45, 2.75) is 6.54 Å². The maximum absolute atomic E-state index is 13.6. The first-order valence-electron chi connectivity index (χ1n) is 5.07. The quantitative estimate of drug-likeness (QED) is 0.753. The molecule has 0 spiro atoms. The van der Waals surface area contributed by atoms with Crippen LogP contribution in [0.5, 0.6) is 0 Å². The smallest absolute Gasteiger partial charge is 0.149 e. The highest BCUT2D eigenvalue weighted by Crippen LogP contribution is 2.33. The van der Waals surface area contributed by atoms with Crippen molar-refractivity contribution >= 4 is 28.4 Å². The Morgan fingerprint density at radius 2 is 1.94 bits per heavy atom. The molecule has 3 rings (SSSR count). The molecule has 0 N–H and O–H groups in total. The maximum atomic E-state index is 13.6. The highest BCUT2D eigenvalue weighted by Gasteiger charge is 2.19. The zero-order chi connectivity index (χ0) is 11.8. The summed E-state index contributed by atoms with van der Waals surface area (Å²) in [5.41, 5.74) is 0.938. The average molecular weight is 250 g/mol. The summed E-state index contributed by atoms with van der Waals surface area (Å²) in [7, 11) is 0. The Labute approximate surface area is 101 Å². The number of para-hydroxylation sites is 1. The first-order valence-corrected chi connectivity index (χ1v) is 5.95. The Bertz CT molecular complexity index is 572. The average Bonchev–Trinajstić information content (AvgIpc) is 2.76. The molecule has 1 aromatic carbocycles. The van der Waals surface area contributed by atoms with Gasteiger partial charge in [0.2, 0.25) is 0 Å². The second kappa shape index (κ2) is 3.92. The van der Waals surface area contributed by atoms with Gasteiger partial charge in [0.25, 0.3) is 0 Å². The fourth-order valence-corrected chi connectivity index (χ4v) is 2.56. The lowest BCUT2D eigenvalue weighted by Gasteiger charge is -2.23. The first-order chi connectivity index (χ1) is 8.25.